The molecule has 0 spiro atoms. The molecule has 6 nitrogen and oxygen atoms in total. The number of hydrogen-bond donors (Lipinski definition) is 1. The van der Waals surface area contributed by atoms with Crippen molar-refractivity contribution in [1.29, 1.82) is 0 Å². The largest absolute Gasteiger partial charge is 0.487 e. The fraction of sp³-hybridized carbons (Fsp3) is 0.182. The average Bonchev–Trinajstić information content (AvgIpc) is 2.76. The first kappa shape index (κ1) is 23.2. The van der Waals surface area contributed by atoms with E-state index in [0.29, 0.717) is 11.1 Å². The molecule has 0 aliphatic carbocycles. The van der Waals surface area contributed by atoms with E-state index < -0.39 is 34.8 Å². The predicted molar refractivity (Wildman–Crippen MR) is 112 cm³/mol. The van der Waals surface area contributed by atoms with Gasteiger partial charge in [0.2, 0.25) is 0 Å². The third-order valence-electron chi connectivity index (χ3n) is 4.62. The summed E-state index contributed by atoms with van der Waals surface area (Å²) in [6.45, 7) is 1.33. The summed E-state index contributed by atoms with van der Waals surface area (Å²) in [6.07, 6.45) is -0.691. The Balaban J connectivity index is 1.91. The summed E-state index contributed by atoms with van der Waals surface area (Å²) in [5, 5.41) is 2.07. The molecule has 32 heavy (non-hydrogen) atoms. The molecule has 1 aromatic heterocycles. The Morgan fingerprint density at radius 3 is 2.44 bits per heavy atom. The van der Waals surface area contributed by atoms with Gasteiger partial charge in [0.1, 0.15) is 40.5 Å². The number of carbonyl (C=O) groups excluding carboxylic acids is 1. The number of amides is 1. The van der Waals surface area contributed by atoms with Gasteiger partial charge in [-0.1, -0.05) is 23.7 Å². The van der Waals surface area contributed by atoms with Gasteiger partial charge in [-0.2, -0.15) is 0 Å². The summed E-state index contributed by atoms with van der Waals surface area (Å²) in [7, 11) is 1.20. The molecule has 1 heterocycles. The number of aromatic nitrogens is 1. The van der Waals surface area contributed by atoms with E-state index in [1.54, 1.807) is 0 Å². The zero-order valence-corrected chi connectivity index (χ0v) is 17.8. The quantitative estimate of drug-likeness (QED) is 0.574. The monoisotopic (exact) mass is 466 g/mol. The summed E-state index contributed by atoms with van der Waals surface area (Å²) in [5.41, 5.74) is -0.286. The molecular weight excluding hydrogens is 449 g/mol. The number of nitrogens with zero attached hydrogens (tertiary/aromatic N) is 1. The Bertz CT molecular complexity index is 1210. The van der Waals surface area contributed by atoms with Crippen LogP contribution in [0.5, 0.6) is 5.75 Å². The number of benzene rings is 2. The Morgan fingerprint density at radius 1 is 1.09 bits per heavy atom. The van der Waals surface area contributed by atoms with Gasteiger partial charge in [-0.25, -0.2) is 18.0 Å². The van der Waals surface area contributed by atoms with Gasteiger partial charge in [-0.3, -0.25) is 9.36 Å². The highest BCUT2D eigenvalue weighted by atomic mass is 35.5. The number of rotatable bonds is 6. The van der Waals surface area contributed by atoms with Crippen LogP contribution in [0.1, 0.15) is 16.8 Å². The summed E-state index contributed by atoms with van der Waals surface area (Å²) >= 11 is 6.14. The SMILES string of the molecule is COC(=O)NCc1cc(F)ccc1COc1cc(C)n(-c2c(F)cccc2F)c(=O)c1Cl. The maximum Gasteiger partial charge on any atom is 0.407 e. The Morgan fingerprint density at radius 2 is 1.78 bits per heavy atom. The predicted octanol–water partition coefficient (Wildman–Crippen LogP) is 4.65. The van der Waals surface area contributed by atoms with Crippen LogP contribution in [-0.4, -0.2) is 17.8 Å². The second-order valence-electron chi connectivity index (χ2n) is 6.72. The highest BCUT2D eigenvalue weighted by Gasteiger charge is 2.19. The normalized spacial score (nSPS) is 10.7. The fourth-order valence-corrected chi connectivity index (χ4v) is 3.26. The van der Waals surface area contributed by atoms with Crippen LogP contribution in [-0.2, 0) is 17.9 Å². The third kappa shape index (κ3) is 4.88. The number of pyridine rings is 1. The molecule has 0 atom stereocenters. The molecule has 0 bridgehead atoms. The number of nitrogens with one attached hydrogen (secondary N) is 1. The third-order valence-corrected chi connectivity index (χ3v) is 4.97. The van der Waals surface area contributed by atoms with E-state index in [9.17, 15) is 22.8 Å². The zero-order valence-electron chi connectivity index (χ0n) is 17.0. The molecule has 0 aliphatic rings. The van der Waals surface area contributed by atoms with Gasteiger partial charge >= 0.3 is 6.09 Å². The minimum Gasteiger partial charge on any atom is -0.487 e. The molecule has 0 radical (unpaired) electrons. The van der Waals surface area contributed by atoms with Crippen LogP contribution in [0.25, 0.3) is 5.69 Å². The van der Waals surface area contributed by atoms with Crippen molar-refractivity contribution in [2.75, 3.05) is 7.11 Å². The van der Waals surface area contributed by atoms with Crippen molar-refractivity contribution < 1.29 is 27.4 Å². The van der Waals surface area contributed by atoms with Crippen molar-refractivity contribution in [3.63, 3.8) is 0 Å². The molecule has 0 aliphatic heterocycles. The first-order valence-electron chi connectivity index (χ1n) is 9.31. The van der Waals surface area contributed by atoms with Gasteiger partial charge in [0.05, 0.1) is 7.11 Å². The van der Waals surface area contributed by atoms with E-state index in [2.05, 4.69) is 10.1 Å². The molecule has 2 aromatic carbocycles. The molecule has 1 amide bonds. The van der Waals surface area contributed by atoms with Crippen LogP contribution in [0.15, 0.2) is 47.3 Å². The van der Waals surface area contributed by atoms with Gasteiger partial charge in [-0.05, 0) is 42.3 Å². The van der Waals surface area contributed by atoms with Gasteiger partial charge < -0.3 is 14.8 Å². The average molecular weight is 467 g/mol. The molecule has 0 saturated carbocycles. The minimum atomic E-state index is -0.922. The number of alkyl carbamates (subject to hydrolysis) is 1. The van der Waals surface area contributed by atoms with Gasteiger partial charge in [-0.15, -0.1) is 0 Å². The van der Waals surface area contributed by atoms with E-state index in [0.717, 1.165) is 16.7 Å². The Hall–Kier alpha value is -3.46. The number of halogens is 4. The van der Waals surface area contributed by atoms with E-state index in [1.165, 1.54) is 44.4 Å². The van der Waals surface area contributed by atoms with Crippen LogP contribution in [0.3, 0.4) is 0 Å². The highest BCUT2D eigenvalue weighted by Crippen LogP contribution is 2.26. The van der Waals surface area contributed by atoms with Crippen LogP contribution in [0.4, 0.5) is 18.0 Å². The smallest absolute Gasteiger partial charge is 0.407 e. The van der Waals surface area contributed by atoms with Crippen molar-refractivity contribution in [2.45, 2.75) is 20.1 Å². The highest BCUT2D eigenvalue weighted by molar-refractivity contribution is 6.31. The van der Waals surface area contributed by atoms with Crippen molar-refractivity contribution in [1.82, 2.24) is 9.88 Å². The number of hydrogen-bond acceptors (Lipinski definition) is 4. The first-order chi connectivity index (χ1) is 15.2. The van der Waals surface area contributed by atoms with Gasteiger partial charge in [0.15, 0.2) is 0 Å². The number of methoxy groups -OCH3 is 1. The molecule has 10 heteroatoms. The van der Waals surface area contributed by atoms with Crippen LogP contribution >= 0.6 is 11.6 Å². The lowest BCUT2D eigenvalue weighted by atomic mass is 10.1. The van der Waals surface area contributed by atoms with E-state index in [4.69, 9.17) is 16.3 Å². The Kier molecular flexibility index (Phi) is 7.09. The van der Waals surface area contributed by atoms with Crippen molar-refractivity contribution >= 4 is 17.7 Å². The molecule has 0 fully saturated rings. The number of carbonyl (C=O) groups is 1. The van der Waals surface area contributed by atoms with Crippen molar-refractivity contribution in [2.24, 2.45) is 0 Å². The standard InChI is InChI=1S/C22H18ClF3N2O4/c1-12-8-18(19(23)21(29)28(12)20-16(25)4-3-5-17(20)26)32-11-13-6-7-15(24)9-14(13)10-27-22(30)31-2/h3-9H,10-11H2,1-2H3,(H,27,30). The van der Waals surface area contributed by atoms with Crippen LogP contribution in [0, 0.1) is 24.4 Å². The molecule has 1 N–H and O–H groups in total. The van der Waals surface area contributed by atoms with Crippen molar-refractivity contribution in [3.8, 4) is 11.4 Å². The van der Waals surface area contributed by atoms with Crippen molar-refractivity contribution in [3.05, 3.63) is 92.1 Å². The molecule has 0 saturated heterocycles. The minimum absolute atomic E-state index is 0.0154. The Labute approximate surface area is 186 Å². The van der Waals surface area contributed by atoms with E-state index in [1.807, 2.05) is 0 Å². The van der Waals surface area contributed by atoms with Gasteiger partial charge in [0.25, 0.3) is 5.56 Å². The molecule has 0 unspecified atom stereocenters. The maximum absolute atomic E-state index is 14.2. The van der Waals surface area contributed by atoms with Crippen LogP contribution in [0.2, 0.25) is 5.02 Å². The summed E-state index contributed by atoms with van der Waals surface area (Å²) in [6, 6.07) is 8.50. The number of aryl methyl sites for hydroxylation is 1. The summed E-state index contributed by atoms with van der Waals surface area (Å²) < 4.78 is 53.0. The lowest BCUT2D eigenvalue weighted by Crippen LogP contribution is -2.24. The second kappa shape index (κ2) is 9.78. The lowest BCUT2D eigenvalue weighted by molar-refractivity contribution is 0.170. The molecule has 168 valence electrons. The molecule has 3 rings (SSSR count). The zero-order chi connectivity index (χ0) is 23.4. The summed E-state index contributed by atoms with van der Waals surface area (Å²) in [5.74, 6) is -2.37. The number of para-hydroxylation sites is 1. The second-order valence-corrected chi connectivity index (χ2v) is 7.10. The summed E-state index contributed by atoms with van der Waals surface area (Å²) in [4.78, 5) is 24.1. The van der Waals surface area contributed by atoms with E-state index >= 15 is 0 Å². The molecule has 3 aromatic rings. The fourth-order valence-electron chi connectivity index (χ4n) is 3.06. The van der Waals surface area contributed by atoms with Gasteiger partial charge in [0, 0.05) is 18.3 Å². The first-order valence-corrected chi connectivity index (χ1v) is 9.69. The lowest BCUT2D eigenvalue weighted by Gasteiger charge is -2.16. The van der Waals surface area contributed by atoms with Crippen LogP contribution < -0.4 is 15.6 Å². The number of ether oxygens (including phenoxy) is 2. The maximum atomic E-state index is 14.2. The van der Waals surface area contributed by atoms with E-state index in [-0.39, 0.29) is 29.6 Å². The topological polar surface area (TPSA) is 69.6 Å². The molecular formula is C22H18ClF3N2O4.